The maximum absolute atomic E-state index is 12.4. The average molecular weight is 247 g/mol. The van der Waals surface area contributed by atoms with Gasteiger partial charge in [-0.3, -0.25) is 9.78 Å². The van der Waals surface area contributed by atoms with Gasteiger partial charge in [0.15, 0.2) is 0 Å². The molecule has 0 unspecified atom stereocenters. The number of rotatable bonds is 2. The highest BCUT2D eigenvalue weighted by atomic mass is 16.1. The number of nitrogens with zero attached hydrogens (tertiary/aromatic N) is 1. The number of hydrogen-bond donors (Lipinski definition) is 0. The van der Waals surface area contributed by atoms with Crippen molar-refractivity contribution in [3.8, 4) is 0 Å². The lowest BCUT2D eigenvalue weighted by atomic mass is 10.0. The van der Waals surface area contributed by atoms with Crippen LogP contribution in [0.15, 0.2) is 60.8 Å². The Balaban J connectivity index is 2.06. The first kappa shape index (κ1) is 11.6. The third-order valence-corrected chi connectivity index (χ3v) is 3.16. The van der Waals surface area contributed by atoms with Crippen LogP contribution in [-0.4, -0.2) is 10.8 Å². The van der Waals surface area contributed by atoms with Crippen molar-refractivity contribution in [1.29, 1.82) is 0 Å². The lowest BCUT2D eigenvalue weighted by molar-refractivity contribution is 0.103. The van der Waals surface area contributed by atoms with E-state index >= 15 is 0 Å². The van der Waals surface area contributed by atoms with E-state index in [0.29, 0.717) is 11.3 Å². The van der Waals surface area contributed by atoms with Gasteiger partial charge in [0, 0.05) is 11.8 Å². The number of fused-ring (bicyclic) bond motifs is 1. The van der Waals surface area contributed by atoms with Gasteiger partial charge in [-0.1, -0.05) is 36.4 Å². The van der Waals surface area contributed by atoms with Crippen LogP contribution in [0, 0.1) is 6.92 Å². The first-order chi connectivity index (χ1) is 9.24. The van der Waals surface area contributed by atoms with E-state index < -0.39 is 0 Å². The average Bonchev–Trinajstić information content (AvgIpc) is 2.46. The third kappa shape index (κ3) is 2.25. The van der Waals surface area contributed by atoms with Gasteiger partial charge in [-0.15, -0.1) is 0 Å². The minimum atomic E-state index is -0.0329. The quantitative estimate of drug-likeness (QED) is 0.645. The zero-order valence-corrected chi connectivity index (χ0v) is 10.6. The number of aromatic nitrogens is 1. The monoisotopic (exact) mass is 247 g/mol. The van der Waals surface area contributed by atoms with Gasteiger partial charge in [-0.2, -0.15) is 0 Å². The molecule has 2 aromatic carbocycles. The van der Waals surface area contributed by atoms with E-state index in [4.69, 9.17) is 0 Å². The molecule has 0 atom stereocenters. The van der Waals surface area contributed by atoms with Crippen molar-refractivity contribution in [2.45, 2.75) is 6.92 Å². The fourth-order valence-corrected chi connectivity index (χ4v) is 2.14. The summed E-state index contributed by atoms with van der Waals surface area (Å²) in [5.41, 5.74) is 2.21. The number of hydrogen-bond acceptors (Lipinski definition) is 2. The van der Waals surface area contributed by atoms with Crippen LogP contribution < -0.4 is 0 Å². The Kier molecular flexibility index (Phi) is 2.84. The SMILES string of the molecule is Cc1ccnc(C(=O)c2ccc3ccccc3c2)c1. The molecule has 0 bridgehead atoms. The standard InChI is InChI=1S/C17H13NO/c1-12-8-9-18-16(10-12)17(19)15-7-6-13-4-2-3-5-14(13)11-15/h2-11H,1H3. The highest BCUT2D eigenvalue weighted by Gasteiger charge is 2.10. The molecule has 92 valence electrons. The lowest BCUT2D eigenvalue weighted by Crippen LogP contribution is -2.04. The molecule has 0 aliphatic heterocycles. The van der Waals surface area contributed by atoms with Crippen molar-refractivity contribution in [1.82, 2.24) is 4.98 Å². The Morgan fingerprint density at radius 2 is 1.74 bits per heavy atom. The van der Waals surface area contributed by atoms with Gasteiger partial charge in [-0.25, -0.2) is 0 Å². The molecule has 3 aromatic rings. The maximum Gasteiger partial charge on any atom is 0.211 e. The summed E-state index contributed by atoms with van der Waals surface area (Å²) in [5.74, 6) is -0.0329. The molecule has 0 N–H and O–H groups in total. The number of aryl methyl sites for hydroxylation is 1. The van der Waals surface area contributed by atoms with Crippen LogP contribution in [0.25, 0.3) is 10.8 Å². The van der Waals surface area contributed by atoms with Gasteiger partial charge >= 0.3 is 0 Å². The molecule has 0 saturated carbocycles. The fourth-order valence-electron chi connectivity index (χ4n) is 2.14. The van der Waals surface area contributed by atoms with Crippen LogP contribution in [0.4, 0.5) is 0 Å². The molecule has 1 aromatic heterocycles. The summed E-state index contributed by atoms with van der Waals surface area (Å²) in [6.07, 6.45) is 1.67. The summed E-state index contributed by atoms with van der Waals surface area (Å²) < 4.78 is 0. The predicted octanol–water partition coefficient (Wildman–Crippen LogP) is 3.77. The van der Waals surface area contributed by atoms with Crippen molar-refractivity contribution < 1.29 is 4.79 Å². The zero-order chi connectivity index (χ0) is 13.2. The van der Waals surface area contributed by atoms with Gasteiger partial charge in [0.1, 0.15) is 5.69 Å². The molecule has 2 nitrogen and oxygen atoms in total. The van der Waals surface area contributed by atoms with E-state index in [9.17, 15) is 4.79 Å². The first-order valence-corrected chi connectivity index (χ1v) is 6.20. The van der Waals surface area contributed by atoms with E-state index in [1.54, 1.807) is 6.20 Å². The summed E-state index contributed by atoms with van der Waals surface area (Å²) >= 11 is 0. The van der Waals surface area contributed by atoms with Crippen LogP contribution in [0.5, 0.6) is 0 Å². The summed E-state index contributed by atoms with van der Waals surface area (Å²) in [5, 5.41) is 2.21. The molecule has 0 fully saturated rings. The van der Waals surface area contributed by atoms with Crippen molar-refractivity contribution in [3.63, 3.8) is 0 Å². The highest BCUT2D eigenvalue weighted by Crippen LogP contribution is 2.17. The zero-order valence-electron chi connectivity index (χ0n) is 10.6. The summed E-state index contributed by atoms with van der Waals surface area (Å²) in [6, 6.07) is 17.5. The molecular weight excluding hydrogens is 234 g/mol. The Labute approximate surface area is 111 Å². The summed E-state index contributed by atoms with van der Waals surface area (Å²) in [4.78, 5) is 16.5. The second kappa shape index (κ2) is 4.65. The van der Waals surface area contributed by atoms with E-state index in [0.717, 1.165) is 16.3 Å². The van der Waals surface area contributed by atoms with Gasteiger partial charge in [-0.05, 0) is 41.5 Å². The fraction of sp³-hybridized carbons (Fsp3) is 0.0588. The first-order valence-electron chi connectivity index (χ1n) is 6.20. The van der Waals surface area contributed by atoms with Gasteiger partial charge in [0.2, 0.25) is 5.78 Å². The molecule has 0 spiro atoms. The normalized spacial score (nSPS) is 10.6. The molecule has 0 radical (unpaired) electrons. The minimum Gasteiger partial charge on any atom is -0.287 e. The Morgan fingerprint density at radius 1 is 0.947 bits per heavy atom. The maximum atomic E-state index is 12.4. The van der Waals surface area contributed by atoms with Crippen LogP contribution in [-0.2, 0) is 0 Å². The lowest BCUT2D eigenvalue weighted by Gasteiger charge is -2.03. The Morgan fingerprint density at radius 3 is 2.53 bits per heavy atom. The van der Waals surface area contributed by atoms with Gasteiger partial charge < -0.3 is 0 Å². The smallest absolute Gasteiger partial charge is 0.211 e. The van der Waals surface area contributed by atoms with E-state index in [-0.39, 0.29) is 5.78 Å². The van der Waals surface area contributed by atoms with Crippen LogP contribution in [0.2, 0.25) is 0 Å². The molecular formula is C17H13NO. The molecule has 19 heavy (non-hydrogen) atoms. The Bertz CT molecular complexity index is 762. The second-order valence-electron chi connectivity index (χ2n) is 4.61. The molecule has 0 aliphatic rings. The van der Waals surface area contributed by atoms with Crippen molar-refractivity contribution >= 4 is 16.6 Å². The predicted molar refractivity (Wildman–Crippen MR) is 76.4 cm³/mol. The van der Waals surface area contributed by atoms with Crippen LogP contribution in [0.3, 0.4) is 0 Å². The highest BCUT2D eigenvalue weighted by molar-refractivity contribution is 6.09. The van der Waals surface area contributed by atoms with E-state index in [1.165, 1.54) is 0 Å². The van der Waals surface area contributed by atoms with Crippen LogP contribution >= 0.6 is 0 Å². The number of carbonyl (C=O) groups is 1. The summed E-state index contributed by atoms with van der Waals surface area (Å²) in [7, 11) is 0. The van der Waals surface area contributed by atoms with E-state index in [2.05, 4.69) is 4.98 Å². The second-order valence-corrected chi connectivity index (χ2v) is 4.61. The van der Waals surface area contributed by atoms with Crippen LogP contribution in [0.1, 0.15) is 21.6 Å². The Hall–Kier alpha value is -2.48. The number of ketones is 1. The van der Waals surface area contributed by atoms with Crippen molar-refractivity contribution in [3.05, 3.63) is 77.6 Å². The van der Waals surface area contributed by atoms with Crippen molar-refractivity contribution in [2.24, 2.45) is 0 Å². The third-order valence-electron chi connectivity index (χ3n) is 3.16. The van der Waals surface area contributed by atoms with Crippen molar-refractivity contribution in [2.75, 3.05) is 0 Å². The largest absolute Gasteiger partial charge is 0.287 e. The molecule has 1 heterocycles. The molecule has 0 aliphatic carbocycles. The van der Waals surface area contributed by atoms with Gasteiger partial charge in [0.05, 0.1) is 0 Å². The summed E-state index contributed by atoms with van der Waals surface area (Å²) in [6.45, 7) is 1.96. The van der Waals surface area contributed by atoms with E-state index in [1.807, 2.05) is 61.5 Å². The number of benzene rings is 2. The van der Waals surface area contributed by atoms with Gasteiger partial charge in [0.25, 0.3) is 0 Å². The molecule has 0 saturated heterocycles. The number of pyridine rings is 1. The molecule has 0 amide bonds. The topological polar surface area (TPSA) is 30.0 Å². The minimum absolute atomic E-state index is 0.0329. The number of carbonyl (C=O) groups excluding carboxylic acids is 1. The molecule has 2 heteroatoms. The molecule has 3 rings (SSSR count).